The Labute approximate surface area is 174 Å². The van der Waals surface area contributed by atoms with E-state index in [0.717, 1.165) is 22.5 Å². The van der Waals surface area contributed by atoms with Crippen LogP contribution in [0.15, 0.2) is 72.4 Å². The number of aromatic nitrogens is 1. The van der Waals surface area contributed by atoms with E-state index in [1.54, 1.807) is 6.08 Å². The molecule has 2 amide bonds. The fourth-order valence-corrected chi connectivity index (χ4v) is 3.52. The van der Waals surface area contributed by atoms with Gasteiger partial charge in [0.1, 0.15) is 5.57 Å². The summed E-state index contributed by atoms with van der Waals surface area (Å²) in [6, 6.07) is 19.1. The second-order valence-corrected chi connectivity index (χ2v) is 7.25. The lowest BCUT2D eigenvalue weighted by atomic mass is 10.1. The Morgan fingerprint density at radius 3 is 2.38 bits per heavy atom. The van der Waals surface area contributed by atoms with Gasteiger partial charge in [-0.3, -0.25) is 19.8 Å². The quantitative estimate of drug-likeness (QED) is 0.411. The SMILES string of the molecule is Cc1ccc(N2C(=O)/C(=C/c3cccn3-c3ccccc3)C(=O)NC2=S)cc1C. The van der Waals surface area contributed by atoms with E-state index in [1.165, 1.54) is 4.90 Å². The van der Waals surface area contributed by atoms with Gasteiger partial charge in [-0.2, -0.15) is 0 Å². The first-order chi connectivity index (χ1) is 14.0. The van der Waals surface area contributed by atoms with E-state index in [2.05, 4.69) is 5.32 Å². The molecule has 0 aliphatic carbocycles. The molecule has 0 atom stereocenters. The highest BCUT2D eigenvalue weighted by molar-refractivity contribution is 7.80. The molecule has 5 nitrogen and oxygen atoms in total. The number of para-hydroxylation sites is 1. The molecule has 0 saturated carbocycles. The van der Waals surface area contributed by atoms with E-state index in [-0.39, 0.29) is 10.7 Å². The number of amides is 2. The van der Waals surface area contributed by atoms with E-state index < -0.39 is 11.8 Å². The molecule has 1 saturated heterocycles. The maximum atomic E-state index is 13.2. The molecule has 0 unspecified atom stereocenters. The Morgan fingerprint density at radius 2 is 1.66 bits per heavy atom. The summed E-state index contributed by atoms with van der Waals surface area (Å²) >= 11 is 5.28. The zero-order valence-corrected chi connectivity index (χ0v) is 16.9. The van der Waals surface area contributed by atoms with Crippen molar-refractivity contribution in [2.75, 3.05) is 4.90 Å². The number of nitrogens with zero attached hydrogens (tertiary/aromatic N) is 2. The Bertz CT molecular complexity index is 1160. The van der Waals surface area contributed by atoms with Crippen LogP contribution in [-0.4, -0.2) is 21.5 Å². The summed E-state index contributed by atoms with van der Waals surface area (Å²) in [6.07, 6.45) is 3.49. The molecule has 0 bridgehead atoms. The van der Waals surface area contributed by atoms with E-state index in [4.69, 9.17) is 12.2 Å². The third kappa shape index (κ3) is 3.50. The third-order valence-electron chi connectivity index (χ3n) is 4.96. The molecule has 6 heteroatoms. The number of benzene rings is 2. The van der Waals surface area contributed by atoms with Crippen molar-refractivity contribution in [2.24, 2.45) is 0 Å². The van der Waals surface area contributed by atoms with Gasteiger partial charge in [-0.05, 0) is 79.7 Å². The van der Waals surface area contributed by atoms with Crippen LogP contribution >= 0.6 is 12.2 Å². The molecule has 1 aliphatic rings. The van der Waals surface area contributed by atoms with Crippen LogP contribution in [0, 0.1) is 13.8 Å². The van der Waals surface area contributed by atoms with Crippen LogP contribution in [0.2, 0.25) is 0 Å². The summed E-state index contributed by atoms with van der Waals surface area (Å²) in [5.74, 6) is -0.941. The first kappa shape index (κ1) is 18.8. The molecule has 29 heavy (non-hydrogen) atoms. The standard InChI is InChI=1S/C23H19N3O2S/c1-15-10-11-19(13-16(15)2)26-22(28)20(21(27)24-23(26)29)14-18-9-6-12-25(18)17-7-4-3-5-8-17/h3-14H,1-2H3,(H,24,27,29)/b20-14+. The van der Waals surface area contributed by atoms with Gasteiger partial charge in [0.05, 0.1) is 5.69 Å². The van der Waals surface area contributed by atoms with Gasteiger partial charge in [-0.1, -0.05) is 24.3 Å². The highest BCUT2D eigenvalue weighted by Crippen LogP contribution is 2.25. The van der Waals surface area contributed by atoms with E-state index >= 15 is 0 Å². The Morgan fingerprint density at radius 1 is 0.897 bits per heavy atom. The van der Waals surface area contributed by atoms with E-state index in [1.807, 2.05) is 85.3 Å². The lowest BCUT2D eigenvalue weighted by Crippen LogP contribution is -2.54. The number of nitrogens with one attached hydrogen (secondary N) is 1. The number of rotatable bonds is 3. The average Bonchev–Trinajstić information content (AvgIpc) is 3.17. The van der Waals surface area contributed by atoms with Crippen LogP contribution < -0.4 is 10.2 Å². The summed E-state index contributed by atoms with van der Waals surface area (Å²) in [5.41, 5.74) is 4.49. The fourth-order valence-electron chi connectivity index (χ4n) is 3.24. The first-order valence-electron chi connectivity index (χ1n) is 9.17. The smallest absolute Gasteiger partial charge is 0.270 e. The van der Waals surface area contributed by atoms with Crippen molar-refractivity contribution in [1.29, 1.82) is 0 Å². The second kappa shape index (κ2) is 7.48. The molecule has 1 aliphatic heterocycles. The van der Waals surface area contributed by atoms with E-state index in [9.17, 15) is 9.59 Å². The molecule has 1 aromatic heterocycles. The minimum absolute atomic E-state index is 0.0349. The van der Waals surface area contributed by atoms with Gasteiger partial charge in [0.25, 0.3) is 11.8 Å². The minimum atomic E-state index is -0.499. The second-order valence-electron chi connectivity index (χ2n) is 6.87. The third-order valence-corrected chi connectivity index (χ3v) is 5.24. The Kier molecular flexibility index (Phi) is 4.86. The molecule has 144 valence electrons. The van der Waals surface area contributed by atoms with Crippen molar-refractivity contribution in [3.63, 3.8) is 0 Å². The van der Waals surface area contributed by atoms with E-state index in [0.29, 0.717) is 5.69 Å². The lowest BCUT2D eigenvalue weighted by Gasteiger charge is -2.29. The van der Waals surface area contributed by atoms with Crippen molar-refractivity contribution >= 4 is 40.9 Å². The van der Waals surface area contributed by atoms with Crippen molar-refractivity contribution in [2.45, 2.75) is 13.8 Å². The van der Waals surface area contributed by atoms with Crippen LogP contribution in [-0.2, 0) is 9.59 Å². The molecule has 0 radical (unpaired) electrons. The fraction of sp³-hybridized carbons (Fsp3) is 0.0870. The van der Waals surface area contributed by atoms with Crippen LogP contribution in [0.25, 0.3) is 11.8 Å². The van der Waals surface area contributed by atoms with Gasteiger partial charge in [0.15, 0.2) is 5.11 Å². The lowest BCUT2D eigenvalue weighted by molar-refractivity contribution is -0.122. The molecule has 0 spiro atoms. The van der Waals surface area contributed by atoms with Gasteiger partial charge in [-0.25, -0.2) is 0 Å². The molecule has 1 N–H and O–H groups in total. The van der Waals surface area contributed by atoms with Gasteiger partial charge < -0.3 is 4.57 Å². The number of hydrogen-bond donors (Lipinski definition) is 1. The molecule has 2 aromatic carbocycles. The molecular formula is C23H19N3O2S. The summed E-state index contributed by atoms with van der Waals surface area (Å²) in [6.45, 7) is 3.97. The summed E-state index contributed by atoms with van der Waals surface area (Å²) in [5, 5.41) is 2.72. The van der Waals surface area contributed by atoms with Crippen molar-refractivity contribution in [3.8, 4) is 5.69 Å². The maximum absolute atomic E-state index is 13.2. The van der Waals surface area contributed by atoms with Gasteiger partial charge >= 0.3 is 0 Å². The highest BCUT2D eigenvalue weighted by Gasteiger charge is 2.34. The summed E-state index contributed by atoms with van der Waals surface area (Å²) in [7, 11) is 0. The minimum Gasteiger partial charge on any atom is -0.317 e. The zero-order chi connectivity index (χ0) is 20.5. The predicted molar refractivity (Wildman–Crippen MR) is 118 cm³/mol. The molecule has 2 heterocycles. The average molecular weight is 401 g/mol. The topological polar surface area (TPSA) is 54.3 Å². The normalized spacial score (nSPS) is 15.7. The van der Waals surface area contributed by atoms with Crippen molar-refractivity contribution in [3.05, 3.63) is 89.3 Å². The van der Waals surface area contributed by atoms with Gasteiger partial charge in [0.2, 0.25) is 0 Å². The first-order valence-corrected chi connectivity index (χ1v) is 9.58. The van der Waals surface area contributed by atoms with Gasteiger partial charge in [-0.15, -0.1) is 0 Å². The van der Waals surface area contributed by atoms with Crippen LogP contribution in [0.3, 0.4) is 0 Å². The molecule has 4 rings (SSSR count). The monoisotopic (exact) mass is 401 g/mol. The largest absolute Gasteiger partial charge is 0.317 e. The maximum Gasteiger partial charge on any atom is 0.270 e. The number of hydrogen-bond acceptors (Lipinski definition) is 3. The number of aryl methyl sites for hydroxylation is 2. The Balaban J connectivity index is 1.75. The predicted octanol–water partition coefficient (Wildman–Crippen LogP) is 3.93. The number of thiocarbonyl (C=S) groups is 1. The molecular weight excluding hydrogens is 382 g/mol. The molecule has 1 fully saturated rings. The van der Waals surface area contributed by atoms with Gasteiger partial charge in [0, 0.05) is 17.6 Å². The van der Waals surface area contributed by atoms with Crippen molar-refractivity contribution in [1.82, 2.24) is 9.88 Å². The van der Waals surface area contributed by atoms with Crippen LogP contribution in [0.5, 0.6) is 0 Å². The molecule has 3 aromatic rings. The zero-order valence-electron chi connectivity index (χ0n) is 16.0. The van der Waals surface area contributed by atoms with Crippen LogP contribution in [0.4, 0.5) is 5.69 Å². The number of anilines is 1. The van der Waals surface area contributed by atoms with Crippen molar-refractivity contribution < 1.29 is 9.59 Å². The highest BCUT2D eigenvalue weighted by atomic mass is 32.1. The summed E-state index contributed by atoms with van der Waals surface area (Å²) < 4.78 is 1.92. The Hall–Kier alpha value is -3.51. The van der Waals surface area contributed by atoms with Crippen LogP contribution in [0.1, 0.15) is 16.8 Å². The number of carbonyl (C=O) groups excluding carboxylic acids is 2. The number of carbonyl (C=O) groups is 2. The summed E-state index contributed by atoms with van der Waals surface area (Å²) in [4.78, 5) is 27.1.